The number of nitrogen functional groups attached to an aromatic ring is 1. The fourth-order valence-electron chi connectivity index (χ4n) is 1.53. The molecule has 2 heterocycles. The second kappa shape index (κ2) is 6.84. The van der Waals surface area contributed by atoms with Crippen LogP contribution in [0, 0.1) is 13.8 Å². The van der Waals surface area contributed by atoms with E-state index in [9.17, 15) is 0 Å². The number of nitrogens with zero attached hydrogens (tertiary/aromatic N) is 4. The Morgan fingerprint density at radius 1 is 1.14 bits per heavy atom. The third-order valence-corrected chi connectivity index (χ3v) is 2.65. The highest BCUT2D eigenvalue weighted by molar-refractivity contribution is 5.35. The molecule has 9 heteroatoms. The molecule has 0 aromatic carbocycles. The van der Waals surface area contributed by atoms with Crippen molar-refractivity contribution in [2.24, 2.45) is 5.84 Å². The molecule has 114 valence electrons. The van der Waals surface area contributed by atoms with Crippen LogP contribution in [-0.2, 0) is 6.54 Å². The van der Waals surface area contributed by atoms with Crippen molar-refractivity contribution in [3.8, 4) is 6.01 Å². The number of rotatable bonds is 7. The largest absolute Gasteiger partial charge is 0.463 e. The summed E-state index contributed by atoms with van der Waals surface area (Å²) in [6, 6.07) is 0.210. The van der Waals surface area contributed by atoms with E-state index >= 15 is 0 Å². The predicted molar refractivity (Wildman–Crippen MR) is 76.7 cm³/mol. The average molecular weight is 293 g/mol. The van der Waals surface area contributed by atoms with Crippen molar-refractivity contribution >= 4 is 11.9 Å². The summed E-state index contributed by atoms with van der Waals surface area (Å²) in [5, 5.41) is 3.00. The van der Waals surface area contributed by atoms with Gasteiger partial charge in [0.25, 0.3) is 0 Å². The van der Waals surface area contributed by atoms with Gasteiger partial charge >= 0.3 is 6.01 Å². The van der Waals surface area contributed by atoms with E-state index in [1.54, 1.807) is 0 Å². The molecule has 0 atom stereocenters. The third-order valence-electron chi connectivity index (χ3n) is 2.65. The minimum Gasteiger partial charge on any atom is -0.463 e. The van der Waals surface area contributed by atoms with Gasteiger partial charge in [-0.25, -0.2) is 10.8 Å². The summed E-state index contributed by atoms with van der Waals surface area (Å²) in [5.41, 5.74) is 3.23. The van der Waals surface area contributed by atoms with Crippen LogP contribution in [0.15, 0.2) is 4.42 Å². The van der Waals surface area contributed by atoms with Crippen molar-refractivity contribution < 1.29 is 9.15 Å². The van der Waals surface area contributed by atoms with E-state index in [1.165, 1.54) is 0 Å². The topological polar surface area (TPSA) is 124 Å². The van der Waals surface area contributed by atoms with Crippen LogP contribution in [0.25, 0.3) is 0 Å². The van der Waals surface area contributed by atoms with E-state index in [4.69, 9.17) is 15.0 Å². The van der Waals surface area contributed by atoms with Gasteiger partial charge in [0.05, 0.1) is 18.8 Å². The molecule has 0 spiro atoms. The molecule has 0 fully saturated rings. The molecule has 2 rings (SSSR count). The van der Waals surface area contributed by atoms with Crippen LogP contribution in [0.4, 0.5) is 11.9 Å². The van der Waals surface area contributed by atoms with Crippen LogP contribution in [0.2, 0.25) is 0 Å². The molecule has 4 N–H and O–H groups in total. The van der Waals surface area contributed by atoms with Crippen molar-refractivity contribution in [1.29, 1.82) is 0 Å². The van der Waals surface area contributed by atoms with E-state index in [2.05, 4.69) is 30.7 Å². The SMILES string of the molecule is CCCOc1nc(NN)nc(NCc2nc(C)c(C)o2)n1. The minimum atomic E-state index is 0.210. The van der Waals surface area contributed by atoms with Crippen molar-refractivity contribution in [3.05, 3.63) is 17.3 Å². The molecule has 0 aliphatic rings. The van der Waals surface area contributed by atoms with Gasteiger partial charge in [-0.2, -0.15) is 15.0 Å². The zero-order chi connectivity index (χ0) is 15.2. The molecule has 0 radical (unpaired) electrons. The number of aryl methyl sites for hydroxylation is 2. The molecule has 0 unspecified atom stereocenters. The van der Waals surface area contributed by atoms with E-state index in [0.717, 1.165) is 17.9 Å². The van der Waals surface area contributed by atoms with E-state index in [1.807, 2.05) is 20.8 Å². The molecule has 9 nitrogen and oxygen atoms in total. The first-order valence-corrected chi connectivity index (χ1v) is 6.64. The monoisotopic (exact) mass is 293 g/mol. The Hall–Kier alpha value is -2.42. The molecule has 21 heavy (non-hydrogen) atoms. The molecule has 0 aliphatic carbocycles. The smallest absolute Gasteiger partial charge is 0.323 e. The van der Waals surface area contributed by atoms with Crippen LogP contribution >= 0.6 is 0 Å². The number of ether oxygens (including phenoxy) is 1. The highest BCUT2D eigenvalue weighted by Crippen LogP contribution is 2.13. The quantitative estimate of drug-likeness (QED) is 0.509. The molecule has 0 bridgehead atoms. The third kappa shape index (κ3) is 4.02. The van der Waals surface area contributed by atoms with Crippen molar-refractivity contribution in [2.75, 3.05) is 17.3 Å². The van der Waals surface area contributed by atoms with Gasteiger partial charge in [0.1, 0.15) is 5.76 Å². The van der Waals surface area contributed by atoms with Crippen LogP contribution in [0.1, 0.15) is 30.7 Å². The highest BCUT2D eigenvalue weighted by atomic mass is 16.5. The molecular weight excluding hydrogens is 274 g/mol. The van der Waals surface area contributed by atoms with Crippen molar-refractivity contribution in [1.82, 2.24) is 19.9 Å². The summed E-state index contributed by atoms with van der Waals surface area (Å²) in [7, 11) is 0. The van der Waals surface area contributed by atoms with Gasteiger partial charge in [-0.3, -0.25) is 5.43 Å². The number of hydrazine groups is 1. The van der Waals surface area contributed by atoms with Crippen LogP contribution < -0.4 is 21.3 Å². The summed E-state index contributed by atoms with van der Waals surface area (Å²) in [6.45, 7) is 6.62. The van der Waals surface area contributed by atoms with Gasteiger partial charge in [0.2, 0.25) is 17.8 Å². The molecule has 0 amide bonds. The van der Waals surface area contributed by atoms with E-state index in [-0.39, 0.29) is 12.0 Å². The maximum atomic E-state index is 5.47. The molecule has 2 aromatic heterocycles. The van der Waals surface area contributed by atoms with Crippen LogP contribution in [0.5, 0.6) is 6.01 Å². The predicted octanol–water partition coefficient (Wildman–Crippen LogP) is 1.16. The summed E-state index contributed by atoms with van der Waals surface area (Å²) in [6.07, 6.45) is 0.856. The number of hydrogen-bond acceptors (Lipinski definition) is 9. The molecular formula is C12H19N7O2. The first-order valence-electron chi connectivity index (χ1n) is 6.64. The standard InChI is InChI=1S/C12H19N7O2/c1-4-5-20-12-17-10(16-11(18-12)19-13)14-6-9-15-7(2)8(3)21-9/h4-6,13H2,1-3H3,(H2,14,16,17,18,19). The fourth-order valence-corrected chi connectivity index (χ4v) is 1.53. The number of hydrogen-bond donors (Lipinski definition) is 3. The van der Waals surface area contributed by atoms with Gasteiger partial charge < -0.3 is 14.5 Å². The summed E-state index contributed by atoms with van der Waals surface area (Å²) < 4.78 is 10.8. The van der Waals surface area contributed by atoms with Crippen molar-refractivity contribution in [3.63, 3.8) is 0 Å². The Morgan fingerprint density at radius 2 is 1.90 bits per heavy atom. The fraction of sp³-hybridized carbons (Fsp3) is 0.500. The number of anilines is 2. The molecule has 2 aromatic rings. The first kappa shape index (κ1) is 15.0. The Kier molecular flexibility index (Phi) is 4.88. The Labute approximate surface area is 122 Å². The number of oxazole rings is 1. The lowest BCUT2D eigenvalue weighted by Crippen LogP contribution is -2.14. The number of aromatic nitrogens is 4. The van der Waals surface area contributed by atoms with Gasteiger partial charge in [0.15, 0.2) is 0 Å². The van der Waals surface area contributed by atoms with E-state index < -0.39 is 0 Å². The highest BCUT2D eigenvalue weighted by Gasteiger charge is 2.09. The maximum Gasteiger partial charge on any atom is 0.323 e. The summed E-state index contributed by atoms with van der Waals surface area (Å²) >= 11 is 0. The lowest BCUT2D eigenvalue weighted by molar-refractivity contribution is 0.292. The van der Waals surface area contributed by atoms with Gasteiger partial charge in [0, 0.05) is 0 Å². The minimum absolute atomic E-state index is 0.210. The molecule has 0 saturated heterocycles. The normalized spacial score (nSPS) is 10.5. The van der Waals surface area contributed by atoms with E-state index in [0.29, 0.717) is 25.0 Å². The van der Waals surface area contributed by atoms with Crippen LogP contribution in [-0.4, -0.2) is 26.5 Å². The number of nitrogens with one attached hydrogen (secondary N) is 2. The average Bonchev–Trinajstić information content (AvgIpc) is 2.81. The van der Waals surface area contributed by atoms with Gasteiger partial charge in [-0.05, 0) is 20.3 Å². The Bertz CT molecular complexity index is 580. The zero-order valence-corrected chi connectivity index (χ0v) is 12.3. The Morgan fingerprint density at radius 3 is 2.52 bits per heavy atom. The molecule has 0 aliphatic heterocycles. The zero-order valence-electron chi connectivity index (χ0n) is 12.3. The second-order valence-corrected chi connectivity index (χ2v) is 4.36. The van der Waals surface area contributed by atoms with Crippen molar-refractivity contribution in [2.45, 2.75) is 33.7 Å². The first-order chi connectivity index (χ1) is 10.1. The maximum absolute atomic E-state index is 5.47. The second-order valence-electron chi connectivity index (χ2n) is 4.36. The summed E-state index contributed by atoms with van der Waals surface area (Å²) in [5.74, 6) is 7.23. The molecule has 0 saturated carbocycles. The lowest BCUT2D eigenvalue weighted by atomic mass is 10.4. The number of nitrogens with two attached hydrogens (primary N) is 1. The Balaban J connectivity index is 2.07. The van der Waals surface area contributed by atoms with Gasteiger partial charge in [-0.1, -0.05) is 6.92 Å². The summed E-state index contributed by atoms with van der Waals surface area (Å²) in [4.78, 5) is 16.5. The van der Waals surface area contributed by atoms with Gasteiger partial charge in [-0.15, -0.1) is 0 Å². The lowest BCUT2D eigenvalue weighted by Gasteiger charge is -2.07. The van der Waals surface area contributed by atoms with Crippen LogP contribution in [0.3, 0.4) is 0 Å².